The second-order valence-corrected chi connectivity index (χ2v) is 16.4. The van der Waals surface area contributed by atoms with Gasteiger partial charge in [-0.05, 0) is 121 Å². The third-order valence-electron chi connectivity index (χ3n) is 12.9. The summed E-state index contributed by atoms with van der Waals surface area (Å²) in [5.74, 6) is 0. The van der Waals surface area contributed by atoms with Gasteiger partial charge in [0.25, 0.3) is 0 Å². The van der Waals surface area contributed by atoms with E-state index in [1.54, 1.807) is 0 Å². The third kappa shape index (κ3) is 5.75. The molecule has 13 rings (SSSR count). The molecule has 0 atom stereocenters. The van der Waals surface area contributed by atoms with E-state index < -0.39 is 0 Å². The maximum atomic E-state index is 6.54. The van der Waals surface area contributed by atoms with Gasteiger partial charge in [0.05, 0.1) is 5.69 Å². The molecule has 0 radical (unpaired) electrons. The van der Waals surface area contributed by atoms with Gasteiger partial charge in [-0.25, -0.2) is 0 Å². The van der Waals surface area contributed by atoms with E-state index in [-0.39, 0.29) is 0 Å². The lowest BCUT2D eigenvalue weighted by molar-refractivity contribution is 0.669. The molecule has 0 aliphatic rings. The van der Waals surface area contributed by atoms with Crippen LogP contribution < -0.4 is 4.90 Å². The minimum atomic E-state index is 0.883. The molecule has 0 aliphatic carbocycles. The average Bonchev–Trinajstić information content (AvgIpc) is 3.92. The monoisotopic (exact) mass is 803 g/mol. The molecule has 11 aromatic carbocycles. The molecule has 0 fully saturated rings. The Morgan fingerprint density at radius 2 is 0.810 bits per heavy atom. The summed E-state index contributed by atoms with van der Waals surface area (Å²) in [6.07, 6.45) is 0. The van der Waals surface area contributed by atoms with Gasteiger partial charge in [-0.3, -0.25) is 0 Å². The van der Waals surface area contributed by atoms with Crippen LogP contribution in [0.5, 0.6) is 0 Å². The van der Waals surface area contributed by atoms with Crippen molar-refractivity contribution in [2.75, 3.05) is 4.90 Å². The Morgan fingerprint density at radius 1 is 0.270 bits per heavy atom. The van der Waals surface area contributed by atoms with Crippen LogP contribution in [0, 0.1) is 0 Å². The minimum absolute atomic E-state index is 0.883. The maximum absolute atomic E-state index is 6.54. The van der Waals surface area contributed by atoms with Gasteiger partial charge >= 0.3 is 0 Å². The number of fused-ring (bicyclic) bond motifs is 11. The molecule has 294 valence electrons. The Kier molecular flexibility index (Phi) is 7.91. The molecule has 3 heteroatoms. The first kappa shape index (κ1) is 35.4. The second kappa shape index (κ2) is 14.1. The highest BCUT2D eigenvalue weighted by atomic mass is 16.3. The smallest absolute Gasteiger partial charge is 0.143 e. The van der Waals surface area contributed by atoms with Gasteiger partial charge in [0, 0.05) is 43.9 Å². The Hall–Kier alpha value is -8.40. The summed E-state index contributed by atoms with van der Waals surface area (Å²) >= 11 is 0. The summed E-state index contributed by atoms with van der Waals surface area (Å²) < 4.78 is 12.7. The summed E-state index contributed by atoms with van der Waals surface area (Å²) in [6.45, 7) is 0. The predicted octanol–water partition coefficient (Wildman–Crippen LogP) is 17.4. The van der Waals surface area contributed by atoms with Gasteiger partial charge in [-0.15, -0.1) is 0 Å². The molecule has 0 unspecified atom stereocenters. The van der Waals surface area contributed by atoms with Gasteiger partial charge in [0.1, 0.15) is 22.3 Å². The van der Waals surface area contributed by atoms with Gasteiger partial charge in [-0.2, -0.15) is 0 Å². The van der Waals surface area contributed by atoms with Crippen molar-refractivity contribution in [1.82, 2.24) is 0 Å². The number of furan rings is 2. The zero-order chi connectivity index (χ0) is 41.4. The fraction of sp³-hybridized carbons (Fsp3) is 0. The van der Waals surface area contributed by atoms with Crippen LogP contribution in [0.2, 0.25) is 0 Å². The van der Waals surface area contributed by atoms with Crippen molar-refractivity contribution >= 4 is 93.3 Å². The van der Waals surface area contributed by atoms with Crippen molar-refractivity contribution in [3.8, 4) is 33.4 Å². The van der Waals surface area contributed by atoms with Crippen molar-refractivity contribution in [1.29, 1.82) is 0 Å². The summed E-state index contributed by atoms with van der Waals surface area (Å²) in [5, 5.41) is 11.8. The second-order valence-electron chi connectivity index (χ2n) is 16.4. The molecular weight excluding hydrogens is 767 g/mol. The molecule has 0 N–H and O–H groups in total. The van der Waals surface area contributed by atoms with E-state index in [4.69, 9.17) is 8.83 Å². The number of benzene rings is 11. The molecule has 3 nitrogen and oxygen atoms in total. The number of anilines is 3. The van der Waals surface area contributed by atoms with Crippen LogP contribution in [-0.4, -0.2) is 0 Å². The van der Waals surface area contributed by atoms with Crippen LogP contribution in [0.4, 0.5) is 17.1 Å². The molecule has 13 aromatic rings. The van der Waals surface area contributed by atoms with Crippen molar-refractivity contribution in [3.63, 3.8) is 0 Å². The zero-order valence-electron chi connectivity index (χ0n) is 34.1. The topological polar surface area (TPSA) is 29.5 Å². The van der Waals surface area contributed by atoms with Crippen molar-refractivity contribution in [3.05, 3.63) is 224 Å². The summed E-state index contributed by atoms with van der Waals surface area (Å²) in [4.78, 5) is 2.39. The van der Waals surface area contributed by atoms with E-state index in [1.165, 1.54) is 38.1 Å². The molecular formula is C60H37NO2. The zero-order valence-corrected chi connectivity index (χ0v) is 34.1. The molecule has 0 bridgehead atoms. The lowest BCUT2D eigenvalue weighted by Crippen LogP contribution is -2.11. The minimum Gasteiger partial charge on any atom is -0.456 e. The van der Waals surface area contributed by atoms with Crippen molar-refractivity contribution < 1.29 is 8.83 Å². The number of nitrogens with zero attached hydrogens (tertiary/aromatic N) is 1. The van der Waals surface area contributed by atoms with Crippen LogP contribution in [0.25, 0.3) is 110 Å². The number of hydrogen-bond donors (Lipinski definition) is 0. The van der Waals surface area contributed by atoms with Crippen molar-refractivity contribution in [2.45, 2.75) is 0 Å². The normalized spacial score (nSPS) is 11.8. The number of hydrogen-bond acceptors (Lipinski definition) is 3. The molecule has 0 spiro atoms. The Bertz CT molecular complexity index is 3910. The summed E-state index contributed by atoms with van der Waals surface area (Å²) in [5.41, 5.74) is 13.8. The first-order valence-electron chi connectivity index (χ1n) is 21.5. The van der Waals surface area contributed by atoms with Gasteiger partial charge in [0.15, 0.2) is 0 Å². The average molecular weight is 804 g/mol. The molecule has 0 saturated heterocycles. The predicted molar refractivity (Wildman–Crippen MR) is 265 cm³/mol. The largest absolute Gasteiger partial charge is 0.456 e. The Labute approximate surface area is 363 Å². The van der Waals surface area contributed by atoms with E-state index in [9.17, 15) is 0 Å². The van der Waals surface area contributed by atoms with E-state index in [0.717, 1.165) is 88.6 Å². The summed E-state index contributed by atoms with van der Waals surface area (Å²) in [6, 6.07) is 80.7. The van der Waals surface area contributed by atoms with E-state index in [1.807, 2.05) is 12.1 Å². The van der Waals surface area contributed by atoms with Crippen LogP contribution in [0.3, 0.4) is 0 Å². The molecule has 0 aliphatic heterocycles. The summed E-state index contributed by atoms with van der Waals surface area (Å²) in [7, 11) is 0. The highest BCUT2D eigenvalue weighted by Gasteiger charge is 2.20. The van der Waals surface area contributed by atoms with Crippen LogP contribution in [0.15, 0.2) is 233 Å². The molecule has 2 aromatic heterocycles. The SMILES string of the molecule is c1ccc(N(c2ccc(-c3ccc4oc5ccccc5c4c3)cc2)c2ccc(-c3cccc4c3ccc3ccccc34)cc2)c(-c2ccc3oc4c5ccccc5ccc4c3c2)c1. The van der Waals surface area contributed by atoms with E-state index >= 15 is 0 Å². The quantitative estimate of drug-likeness (QED) is 0.157. The first-order valence-corrected chi connectivity index (χ1v) is 21.5. The highest BCUT2D eigenvalue weighted by Crippen LogP contribution is 2.44. The first-order chi connectivity index (χ1) is 31.2. The molecule has 0 amide bonds. The lowest BCUT2D eigenvalue weighted by Gasteiger charge is -2.28. The standard InChI is InChI=1S/C60H37NO2/c1-3-12-46-39(10-1)24-32-51-47(16-9-17-50(46)51)41-22-30-45(31-23-41)61(44-28-20-38(21-29-44)42-26-34-58-54(36-42)52-15-6-8-19-57(52)62-58)56-18-7-5-13-48(56)43-27-35-59-55(37-43)53-33-25-40-11-2-4-14-49(40)60(53)63-59/h1-37H. The fourth-order valence-electron chi connectivity index (χ4n) is 9.80. The van der Waals surface area contributed by atoms with Gasteiger partial charge in [-0.1, -0.05) is 158 Å². The number of rotatable bonds is 6. The molecule has 63 heavy (non-hydrogen) atoms. The third-order valence-corrected chi connectivity index (χ3v) is 12.9. The van der Waals surface area contributed by atoms with Gasteiger partial charge < -0.3 is 13.7 Å². The van der Waals surface area contributed by atoms with Crippen LogP contribution in [-0.2, 0) is 0 Å². The highest BCUT2D eigenvalue weighted by molar-refractivity contribution is 6.16. The van der Waals surface area contributed by atoms with Crippen LogP contribution in [0.1, 0.15) is 0 Å². The fourth-order valence-corrected chi connectivity index (χ4v) is 9.80. The number of para-hydroxylation sites is 2. The van der Waals surface area contributed by atoms with Gasteiger partial charge in [0.2, 0.25) is 0 Å². The van der Waals surface area contributed by atoms with Crippen molar-refractivity contribution in [2.24, 2.45) is 0 Å². The van der Waals surface area contributed by atoms with E-state index in [0.29, 0.717) is 0 Å². The molecule has 2 heterocycles. The lowest BCUT2D eigenvalue weighted by atomic mass is 9.94. The molecule has 0 saturated carbocycles. The Morgan fingerprint density at radius 3 is 1.62 bits per heavy atom. The maximum Gasteiger partial charge on any atom is 0.143 e. The Balaban J connectivity index is 0.948. The van der Waals surface area contributed by atoms with Crippen LogP contribution >= 0.6 is 0 Å². The van der Waals surface area contributed by atoms with E-state index in [2.05, 4.69) is 217 Å².